The van der Waals surface area contributed by atoms with Crippen molar-refractivity contribution in [3.63, 3.8) is 0 Å². The lowest BCUT2D eigenvalue weighted by Gasteiger charge is -2.09. The van der Waals surface area contributed by atoms with Crippen LogP contribution in [-0.2, 0) is 0 Å². The van der Waals surface area contributed by atoms with Crippen LogP contribution in [-0.4, -0.2) is 22.4 Å². The summed E-state index contributed by atoms with van der Waals surface area (Å²) in [6, 6.07) is 0. The fraction of sp³-hybridized carbons (Fsp3) is 1.00. The summed E-state index contributed by atoms with van der Waals surface area (Å²) in [6.07, 6.45) is 1.55. The number of hydrogen-bond acceptors (Lipinski definition) is 2. The first-order valence-corrected chi connectivity index (χ1v) is 5.72. The second kappa shape index (κ2) is 9.47. The van der Waals surface area contributed by atoms with Gasteiger partial charge in [-0.15, -0.1) is 0 Å². The van der Waals surface area contributed by atoms with Gasteiger partial charge in [-0.25, -0.2) is 0 Å². The van der Waals surface area contributed by atoms with E-state index in [0.29, 0.717) is 11.8 Å². The number of rotatable bonds is 4. The van der Waals surface area contributed by atoms with Gasteiger partial charge < -0.3 is 10.2 Å². The van der Waals surface area contributed by atoms with E-state index in [4.69, 9.17) is 10.2 Å². The van der Waals surface area contributed by atoms with Crippen LogP contribution in [0.2, 0.25) is 0 Å². The highest BCUT2D eigenvalue weighted by molar-refractivity contribution is 4.55. The normalized spacial score (nSPS) is 15.0. The lowest BCUT2D eigenvalue weighted by Crippen LogP contribution is -2.11. The van der Waals surface area contributed by atoms with Gasteiger partial charge >= 0.3 is 0 Å². The van der Waals surface area contributed by atoms with Gasteiger partial charge in [0.25, 0.3) is 0 Å². The van der Waals surface area contributed by atoms with Gasteiger partial charge in [-0.3, -0.25) is 0 Å². The fourth-order valence-corrected chi connectivity index (χ4v) is 0.943. The van der Waals surface area contributed by atoms with Crippen LogP contribution in [0, 0.1) is 11.8 Å². The van der Waals surface area contributed by atoms with E-state index >= 15 is 0 Å². The van der Waals surface area contributed by atoms with E-state index in [1.807, 2.05) is 41.5 Å². The summed E-state index contributed by atoms with van der Waals surface area (Å²) in [4.78, 5) is 0. The van der Waals surface area contributed by atoms with Crippen molar-refractivity contribution in [3.8, 4) is 0 Å². The molecule has 0 radical (unpaired) electrons. The zero-order chi connectivity index (χ0) is 11.7. The molecule has 0 aliphatic rings. The van der Waals surface area contributed by atoms with Crippen molar-refractivity contribution >= 4 is 0 Å². The predicted octanol–water partition coefficient (Wildman–Crippen LogP) is 2.83. The summed E-state index contributed by atoms with van der Waals surface area (Å²) in [6.45, 7) is 12.1. The smallest absolute Gasteiger partial charge is 0.0560 e. The second-order valence-corrected chi connectivity index (χ2v) is 4.44. The van der Waals surface area contributed by atoms with E-state index < -0.39 is 0 Å². The molecule has 0 saturated carbocycles. The van der Waals surface area contributed by atoms with Crippen molar-refractivity contribution in [2.75, 3.05) is 0 Å². The van der Waals surface area contributed by atoms with Crippen molar-refractivity contribution in [1.29, 1.82) is 0 Å². The molecule has 0 aromatic heterocycles. The molecule has 0 heterocycles. The Hall–Kier alpha value is -0.0800. The SMILES string of the molecule is CCC(O)C(C)C.CCC(O)C(C)C. The minimum atomic E-state index is -0.0972. The first-order chi connectivity index (χ1) is 6.36. The molecule has 2 unspecified atom stereocenters. The predicted molar refractivity (Wildman–Crippen MR) is 62.3 cm³/mol. The average molecular weight is 204 g/mol. The van der Waals surface area contributed by atoms with E-state index in [1.54, 1.807) is 0 Å². The Morgan fingerprint density at radius 3 is 0.929 bits per heavy atom. The van der Waals surface area contributed by atoms with Crippen molar-refractivity contribution in [2.24, 2.45) is 11.8 Å². The number of aliphatic hydroxyl groups is 2. The maximum atomic E-state index is 8.94. The Bertz CT molecular complexity index is 96.9. The van der Waals surface area contributed by atoms with Gasteiger partial charge in [-0.1, -0.05) is 41.5 Å². The van der Waals surface area contributed by atoms with Crippen LogP contribution in [0.15, 0.2) is 0 Å². The Morgan fingerprint density at radius 1 is 0.714 bits per heavy atom. The van der Waals surface area contributed by atoms with Gasteiger partial charge in [0.1, 0.15) is 0 Å². The van der Waals surface area contributed by atoms with Gasteiger partial charge in [0.2, 0.25) is 0 Å². The highest BCUT2D eigenvalue weighted by atomic mass is 16.3. The molecule has 0 saturated heterocycles. The molecule has 14 heavy (non-hydrogen) atoms. The van der Waals surface area contributed by atoms with Crippen LogP contribution in [0.25, 0.3) is 0 Å². The Labute approximate surface area is 89.3 Å². The summed E-state index contributed by atoms with van der Waals surface area (Å²) in [7, 11) is 0. The van der Waals surface area contributed by atoms with Crippen LogP contribution in [0.3, 0.4) is 0 Å². The van der Waals surface area contributed by atoms with Gasteiger partial charge in [0, 0.05) is 0 Å². The monoisotopic (exact) mass is 204 g/mol. The van der Waals surface area contributed by atoms with Gasteiger partial charge in [-0.05, 0) is 24.7 Å². The Balaban J connectivity index is 0. The van der Waals surface area contributed by atoms with Gasteiger partial charge in [-0.2, -0.15) is 0 Å². The van der Waals surface area contributed by atoms with Crippen molar-refractivity contribution < 1.29 is 10.2 Å². The zero-order valence-corrected chi connectivity index (χ0v) is 10.6. The standard InChI is InChI=1S/2C6H14O/c2*1-4-6(7)5(2)3/h2*5-7H,4H2,1-3H3. The molecule has 0 fully saturated rings. The highest BCUT2D eigenvalue weighted by Crippen LogP contribution is 2.03. The van der Waals surface area contributed by atoms with Crippen LogP contribution in [0.1, 0.15) is 54.4 Å². The third kappa shape index (κ3) is 10.0. The highest BCUT2D eigenvalue weighted by Gasteiger charge is 2.03. The second-order valence-electron chi connectivity index (χ2n) is 4.44. The first kappa shape index (κ1) is 16.4. The first-order valence-electron chi connectivity index (χ1n) is 5.72. The van der Waals surface area contributed by atoms with Gasteiger partial charge in [0.05, 0.1) is 12.2 Å². The Kier molecular flexibility index (Phi) is 11.1. The molecule has 2 nitrogen and oxygen atoms in total. The van der Waals surface area contributed by atoms with E-state index in [0.717, 1.165) is 12.8 Å². The average Bonchev–Trinajstić information content (AvgIpc) is 2.15. The van der Waals surface area contributed by atoms with Crippen LogP contribution in [0.4, 0.5) is 0 Å². The molecule has 0 aromatic rings. The molecule has 0 spiro atoms. The van der Waals surface area contributed by atoms with E-state index in [-0.39, 0.29) is 12.2 Å². The fourth-order valence-electron chi connectivity index (χ4n) is 0.943. The molecular weight excluding hydrogens is 176 g/mol. The molecule has 0 amide bonds. The van der Waals surface area contributed by atoms with Crippen molar-refractivity contribution in [1.82, 2.24) is 0 Å². The molecule has 0 aromatic carbocycles. The van der Waals surface area contributed by atoms with E-state index in [2.05, 4.69) is 0 Å². The van der Waals surface area contributed by atoms with Crippen molar-refractivity contribution in [3.05, 3.63) is 0 Å². The largest absolute Gasteiger partial charge is 0.393 e. The minimum absolute atomic E-state index is 0.0972. The lowest BCUT2D eigenvalue weighted by atomic mass is 10.1. The summed E-state index contributed by atoms with van der Waals surface area (Å²) in [5.74, 6) is 0.843. The summed E-state index contributed by atoms with van der Waals surface area (Å²) in [5, 5.41) is 17.9. The molecule has 0 aliphatic heterocycles. The third-order valence-corrected chi connectivity index (χ3v) is 2.38. The maximum absolute atomic E-state index is 8.94. The van der Waals surface area contributed by atoms with Crippen LogP contribution in [0.5, 0.6) is 0 Å². The van der Waals surface area contributed by atoms with Crippen LogP contribution < -0.4 is 0 Å². The summed E-state index contributed by atoms with van der Waals surface area (Å²) >= 11 is 0. The zero-order valence-electron chi connectivity index (χ0n) is 10.6. The Morgan fingerprint density at radius 2 is 0.929 bits per heavy atom. The number of aliphatic hydroxyl groups excluding tert-OH is 2. The topological polar surface area (TPSA) is 40.5 Å². The van der Waals surface area contributed by atoms with E-state index in [9.17, 15) is 0 Å². The molecule has 2 N–H and O–H groups in total. The molecule has 0 bridgehead atoms. The van der Waals surface area contributed by atoms with E-state index in [1.165, 1.54) is 0 Å². The molecular formula is C12H28O2. The van der Waals surface area contributed by atoms with Gasteiger partial charge in [0.15, 0.2) is 0 Å². The minimum Gasteiger partial charge on any atom is -0.393 e. The van der Waals surface area contributed by atoms with Crippen molar-refractivity contribution in [2.45, 2.75) is 66.6 Å². The molecule has 88 valence electrons. The quantitative estimate of drug-likeness (QED) is 0.739. The summed E-state index contributed by atoms with van der Waals surface area (Å²) < 4.78 is 0. The molecule has 2 heteroatoms. The van der Waals surface area contributed by atoms with Crippen LogP contribution >= 0.6 is 0 Å². The number of hydrogen-bond donors (Lipinski definition) is 2. The molecule has 0 aliphatic carbocycles. The molecule has 0 rings (SSSR count). The lowest BCUT2D eigenvalue weighted by molar-refractivity contribution is 0.121. The molecule has 2 atom stereocenters. The third-order valence-electron chi connectivity index (χ3n) is 2.38. The maximum Gasteiger partial charge on any atom is 0.0560 e. The summed E-state index contributed by atoms with van der Waals surface area (Å²) in [5.41, 5.74) is 0.